The van der Waals surface area contributed by atoms with Crippen LogP contribution in [0.2, 0.25) is 0 Å². The number of hydrogen-bond donors (Lipinski definition) is 0. The lowest BCUT2D eigenvalue weighted by atomic mass is 9.84. The molecule has 0 fully saturated rings. The zero-order chi connectivity index (χ0) is 37.3. The van der Waals surface area contributed by atoms with Gasteiger partial charge < -0.3 is 0 Å². The van der Waals surface area contributed by atoms with E-state index >= 15 is 9.59 Å². The molecule has 0 amide bonds. The van der Waals surface area contributed by atoms with Crippen molar-refractivity contribution in [2.24, 2.45) is 0 Å². The van der Waals surface area contributed by atoms with Gasteiger partial charge in [0.1, 0.15) is 0 Å². The van der Waals surface area contributed by atoms with Gasteiger partial charge >= 0.3 is 0 Å². The lowest BCUT2D eigenvalue weighted by molar-refractivity contribution is 0.0970. The Balaban J connectivity index is 1.09. The number of para-hydroxylation sites is 4. The fourth-order valence-corrected chi connectivity index (χ4v) is 15.2. The first kappa shape index (κ1) is 34.8. The average molecular weight is 869 g/mol. The lowest BCUT2D eigenvalue weighted by Gasteiger charge is -2.25. The summed E-state index contributed by atoms with van der Waals surface area (Å²) >= 11 is 12.0. The van der Waals surface area contributed by atoms with Gasteiger partial charge in [-0.05, 0) is 72.8 Å². The summed E-state index contributed by atoms with van der Waals surface area (Å²) in [4.78, 5) is 53.2. The van der Waals surface area contributed by atoms with Crippen molar-refractivity contribution in [3.8, 4) is 0 Å². The van der Waals surface area contributed by atoms with E-state index in [2.05, 4.69) is 0 Å². The van der Waals surface area contributed by atoms with Gasteiger partial charge in [0.05, 0.1) is 40.9 Å². The van der Waals surface area contributed by atoms with E-state index in [0.717, 1.165) is 58.2 Å². The molecule has 0 atom stereocenters. The molecule has 0 bridgehead atoms. The van der Waals surface area contributed by atoms with Crippen LogP contribution in [0.1, 0.15) is 31.8 Å². The highest BCUT2D eigenvalue weighted by Gasteiger charge is 2.39. The molecule has 0 saturated heterocycles. The zero-order valence-corrected chi connectivity index (χ0v) is 35.0. The molecule has 0 unspecified atom stereocenters. The number of aromatic nitrogens is 4. The van der Waals surface area contributed by atoms with E-state index in [-0.39, 0.29) is 11.6 Å². The highest BCUT2D eigenvalue weighted by molar-refractivity contribution is 8.02. The molecule has 1 aliphatic carbocycles. The largest absolute Gasteiger partial charge is 0.288 e. The first-order valence-electron chi connectivity index (χ1n) is 17.1. The Morgan fingerprint density at radius 3 is 0.786 bits per heavy atom. The number of hydrogen-bond acceptors (Lipinski definition) is 14. The normalized spacial score (nSPS) is 12.6. The minimum absolute atomic E-state index is 0.194. The summed E-state index contributed by atoms with van der Waals surface area (Å²) in [5, 5.41) is 0. The number of nitrogens with zero attached hydrogens (tertiary/aromatic N) is 4. The first-order chi connectivity index (χ1) is 27.5. The first-order valence-corrected chi connectivity index (χ1v) is 23.6. The predicted molar refractivity (Wildman–Crippen MR) is 235 cm³/mol. The summed E-state index contributed by atoms with van der Waals surface area (Å²) in [6.45, 7) is 0. The van der Waals surface area contributed by atoms with Gasteiger partial charge in [-0.2, -0.15) is 0 Å². The number of ketones is 2. The maximum Gasteiger partial charge on any atom is 0.196 e. The van der Waals surface area contributed by atoms with Gasteiger partial charge in [-0.25, -0.2) is 19.9 Å². The monoisotopic (exact) mass is 868 g/mol. The van der Waals surface area contributed by atoms with Gasteiger partial charge in [0.2, 0.25) is 0 Å². The van der Waals surface area contributed by atoms with Crippen LogP contribution in [0.3, 0.4) is 0 Å². The highest BCUT2D eigenvalue weighted by Crippen LogP contribution is 2.50. The Morgan fingerprint density at radius 2 is 0.554 bits per heavy atom. The Bertz CT molecular complexity index is 2680. The van der Waals surface area contributed by atoms with Gasteiger partial charge in [0, 0.05) is 41.8 Å². The van der Waals surface area contributed by atoms with E-state index in [1.54, 1.807) is 45.3 Å². The van der Waals surface area contributed by atoms with E-state index < -0.39 is 0 Å². The van der Waals surface area contributed by atoms with Crippen LogP contribution in [-0.2, 0) is 0 Å². The minimum Gasteiger partial charge on any atom is -0.288 e. The molecule has 1 aliphatic rings. The van der Waals surface area contributed by atoms with Crippen molar-refractivity contribution in [1.82, 2.24) is 19.9 Å². The summed E-state index contributed by atoms with van der Waals surface area (Å²) in [5.74, 6) is -0.388. The second-order valence-electron chi connectivity index (χ2n) is 12.5. The van der Waals surface area contributed by atoms with E-state index in [1.807, 2.05) is 121 Å². The minimum atomic E-state index is -0.194. The molecule has 10 aromatic rings. The smallest absolute Gasteiger partial charge is 0.196 e. The van der Waals surface area contributed by atoms with Crippen molar-refractivity contribution < 1.29 is 9.59 Å². The maximum absolute atomic E-state index is 15.5. The quantitative estimate of drug-likeness (QED) is 0.147. The number of carbonyl (C=O) groups excluding carboxylic acids is 2. The van der Waals surface area contributed by atoms with Gasteiger partial charge in [0.15, 0.2) is 28.9 Å². The molecule has 0 N–H and O–H groups in total. The van der Waals surface area contributed by atoms with Gasteiger partial charge in [-0.15, -0.1) is 45.3 Å². The fourth-order valence-electron chi connectivity index (χ4n) is 6.58. The van der Waals surface area contributed by atoms with Crippen LogP contribution in [0, 0.1) is 0 Å². The summed E-state index contributed by atoms with van der Waals surface area (Å²) in [7, 11) is 0. The highest BCUT2D eigenvalue weighted by atomic mass is 32.2. The fraction of sp³-hybridized carbons (Fsp3) is 0. The van der Waals surface area contributed by atoms with Crippen LogP contribution in [0.4, 0.5) is 0 Å². The molecule has 0 aliphatic heterocycles. The van der Waals surface area contributed by atoms with Crippen LogP contribution in [-0.4, -0.2) is 31.5 Å². The Morgan fingerprint density at radius 1 is 0.321 bits per heavy atom. The molecule has 4 aromatic heterocycles. The van der Waals surface area contributed by atoms with Gasteiger partial charge in [-0.3, -0.25) is 9.59 Å². The van der Waals surface area contributed by atoms with Crippen LogP contribution in [0.15, 0.2) is 158 Å². The molecular weight excluding hydrogens is 849 g/mol. The number of benzene rings is 6. The average Bonchev–Trinajstić information content (AvgIpc) is 4.01. The molecule has 268 valence electrons. The van der Waals surface area contributed by atoms with E-state index in [0.29, 0.717) is 41.8 Å². The molecule has 0 radical (unpaired) electrons. The molecule has 11 rings (SSSR count). The second kappa shape index (κ2) is 14.2. The summed E-state index contributed by atoms with van der Waals surface area (Å²) < 4.78 is 7.45. The third-order valence-electron chi connectivity index (χ3n) is 9.05. The SMILES string of the molecule is O=C1c2c(Sc3nc4ccccc4s3)ccc(Sc3nc4ccccc4s3)c2C(=O)c2c(Sc3nc4ccccc4s3)ccc(Sc3nc4ccccc4s3)c21. The van der Waals surface area contributed by atoms with Crippen molar-refractivity contribution in [1.29, 1.82) is 0 Å². The molecule has 14 heteroatoms. The Labute approximate surface area is 351 Å². The Kier molecular flexibility index (Phi) is 8.85. The molecular formula is C42H20N4O2S8. The summed E-state index contributed by atoms with van der Waals surface area (Å²) in [6, 6.07) is 39.9. The number of carbonyl (C=O) groups is 2. The maximum atomic E-state index is 15.5. The molecule has 56 heavy (non-hydrogen) atoms. The molecule has 4 heterocycles. The third-order valence-corrected chi connectivity index (χ3v) is 17.7. The zero-order valence-electron chi connectivity index (χ0n) is 28.4. The van der Waals surface area contributed by atoms with Crippen molar-refractivity contribution >= 4 is 145 Å². The molecule has 6 aromatic carbocycles. The van der Waals surface area contributed by atoms with Crippen molar-refractivity contribution in [3.05, 3.63) is 144 Å². The summed E-state index contributed by atoms with van der Waals surface area (Å²) in [5.41, 5.74) is 5.17. The third kappa shape index (κ3) is 6.19. The Hall–Kier alpha value is -4.38. The van der Waals surface area contributed by atoms with Crippen molar-refractivity contribution in [2.75, 3.05) is 0 Å². The van der Waals surface area contributed by atoms with Crippen molar-refractivity contribution in [2.45, 2.75) is 36.9 Å². The molecule has 6 nitrogen and oxygen atoms in total. The lowest BCUT2D eigenvalue weighted by Crippen LogP contribution is -2.24. The second-order valence-corrected chi connectivity index (χ2v) is 21.8. The van der Waals surface area contributed by atoms with Crippen LogP contribution in [0.25, 0.3) is 40.9 Å². The van der Waals surface area contributed by atoms with Gasteiger partial charge in [-0.1, -0.05) is 95.6 Å². The summed E-state index contributed by atoms with van der Waals surface area (Å²) in [6.07, 6.45) is 0. The topological polar surface area (TPSA) is 85.7 Å². The van der Waals surface area contributed by atoms with Crippen LogP contribution < -0.4 is 0 Å². The molecule has 0 spiro atoms. The van der Waals surface area contributed by atoms with Crippen LogP contribution in [0.5, 0.6) is 0 Å². The standard InChI is InChI=1S/C42H20N4O2S8/c47-37-33-29(53-39-43-21-9-1-5-13-25(21)49-39)17-18-30(54-40-44-22-10-2-6-14-26(22)50-40)34(33)38(48)36-32(56-42-46-24-12-4-8-16-28(24)52-42)20-19-31(35(36)37)55-41-45-23-11-3-7-15-27(23)51-41/h1-20H. The predicted octanol–water partition coefficient (Wildman–Crippen LogP) is 13.5. The number of thiazole rings is 4. The van der Waals surface area contributed by atoms with E-state index in [1.165, 1.54) is 47.0 Å². The number of rotatable bonds is 8. The van der Waals surface area contributed by atoms with E-state index in [9.17, 15) is 0 Å². The van der Waals surface area contributed by atoms with Gasteiger partial charge in [0.25, 0.3) is 0 Å². The van der Waals surface area contributed by atoms with Crippen molar-refractivity contribution in [3.63, 3.8) is 0 Å². The van der Waals surface area contributed by atoms with Crippen LogP contribution >= 0.6 is 92.4 Å². The molecule has 0 saturated carbocycles. The number of fused-ring (bicyclic) bond motifs is 6. The van der Waals surface area contributed by atoms with E-state index in [4.69, 9.17) is 19.9 Å².